The molecule has 0 heterocycles. The summed E-state index contributed by atoms with van der Waals surface area (Å²) in [4.78, 5) is 0. The highest BCUT2D eigenvalue weighted by Gasteiger charge is 2.24. The lowest BCUT2D eigenvalue weighted by Gasteiger charge is -2.15. The Kier molecular flexibility index (Phi) is 6.62. The topological polar surface area (TPSA) is 0 Å². The Morgan fingerprint density at radius 1 is 0.632 bits per heavy atom. The van der Waals surface area contributed by atoms with Gasteiger partial charge in [-0.3, -0.25) is 0 Å². The molecule has 0 fully saturated rings. The van der Waals surface area contributed by atoms with Gasteiger partial charge < -0.3 is 0 Å². The molecule has 2 aliphatic carbocycles. The Hall–Kier alpha value is -0.780. The van der Waals surface area contributed by atoms with Gasteiger partial charge in [-0.2, -0.15) is 0 Å². The molecule has 1 aromatic rings. The molecule has 0 heteroatoms. The van der Waals surface area contributed by atoms with Gasteiger partial charge in [0.1, 0.15) is 0 Å². The first-order valence-electron chi connectivity index (χ1n) is 8.33. The van der Waals surface area contributed by atoms with E-state index in [1.165, 1.54) is 44.9 Å². The second kappa shape index (κ2) is 7.72. The number of hydrogen-bond donors (Lipinski definition) is 0. The zero-order chi connectivity index (χ0) is 14.4. The van der Waals surface area contributed by atoms with Gasteiger partial charge in [-0.05, 0) is 85.8 Å². The summed E-state index contributed by atoms with van der Waals surface area (Å²) in [5.74, 6) is 0. The Bertz CT molecular complexity index is 341. The molecule has 2 aliphatic rings. The molecule has 0 unspecified atom stereocenters. The molecule has 0 spiro atoms. The van der Waals surface area contributed by atoms with Gasteiger partial charge >= 0.3 is 0 Å². The minimum atomic E-state index is 1.25. The minimum Gasteiger partial charge on any atom is -0.0683 e. The average molecular weight is 260 g/mol. The second-order valence-corrected chi connectivity index (χ2v) is 5.58. The van der Waals surface area contributed by atoms with Gasteiger partial charge in [0.25, 0.3) is 0 Å². The highest BCUT2D eigenvalue weighted by atomic mass is 14.3. The molecule has 0 saturated heterocycles. The van der Waals surface area contributed by atoms with E-state index in [4.69, 9.17) is 0 Å². The van der Waals surface area contributed by atoms with Crippen molar-refractivity contribution in [3.05, 3.63) is 33.4 Å². The van der Waals surface area contributed by atoms with E-state index in [2.05, 4.69) is 27.7 Å². The van der Waals surface area contributed by atoms with E-state index in [-0.39, 0.29) is 0 Å². The molecule has 0 aliphatic heterocycles. The smallest absolute Gasteiger partial charge is 0.0270 e. The molecule has 0 radical (unpaired) electrons. The van der Waals surface area contributed by atoms with Crippen LogP contribution in [0.1, 0.15) is 80.3 Å². The van der Waals surface area contributed by atoms with Crippen LogP contribution in [0.4, 0.5) is 0 Å². The van der Waals surface area contributed by atoms with E-state index in [9.17, 15) is 0 Å². The van der Waals surface area contributed by atoms with Crippen LogP contribution in [0.5, 0.6) is 0 Å². The van der Waals surface area contributed by atoms with Crippen molar-refractivity contribution in [2.75, 3.05) is 0 Å². The van der Waals surface area contributed by atoms with Gasteiger partial charge in [0.2, 0.25) is 0 Å². The van der Waals surface area contributed by atoms with E-state index < -0.39 is 0 Å². The van der Waals surface area contributed by atoms with Crippen molar-refractivity contribution >= 4 is 0 Å². The maximum absolute atomic E-state index is 2.35. The summed E-state index contributed by atoms with van der Waals surface area (Å²) >= 11 is 0. The van der Waals surface area contributed by atoms with Crippen LogP contribution in [0.3, 0.4) is 0 Å². The predicted octanol–water partition coefficient (Wildman–Crippen LogP) is 5.72. The highest BCUT2D eigenvalue weighted by Crippen LogP contribution is 2.37. The molecule has 0 amide bonds. The van der Waals surface area contributed by atoms with Gasteiger partial charge in [-0.1, -0.05) is 34.1 Å². The summed E-state index contributed by atoms with van der Waals surface area (Å²) in [6, 6.07) is 0. The number of hydrogen-bond acceptors (Lipinski definition) is 0. The fourth-order valence-corrected chi connectivity index (χ4v) is 3.51. The Morgan fingerprint density at radius 2 is 0.842 bits per heavy atom. The summed E-state index contributed by atoms with van der Waals surface area (Å²) in [7, 11) is 0. The van der Waals surface area contributed by atoms with Crippen LogP contribution in [0.2, 0.25) is 0 Å². The van der Waals surface area contributed by atoms with Gasteiger partial charge in [-0.25, -0.2) is 0 Å². The van der Waals surface area contributed by atoms with E-state index in [1.807, 2.05) is 13.8 Å². The number of benzene rings is 1. The lowest BCUT2D eigenvalue weighted by molar-refractivity contribution is 0.889. The van der Waals surface area contributed by atoms with Crippen LogP contribution in [0.25, 0.3) is 0 Å². The molecule has 108 valence electrons. The second-order valence-electron chi connectivity index (χ2n) is 5.58. The van der Waals surface area contributed by atoms with E-state index in [0.29, 0.717) is 0 Å². The fourth-order valence-electron chi connectivity index (χ4n) is 3.51. The highest BCUT2D eigenvalue weighted by molar-refractivity contribution is 5.54. The molecular weight excluding hydrogens is 228 g/mol. The van der Waals surface area contributed by atoms with Crippen molar-refractivity contribution in [3.8, 4) is 0 Å². The van der Waals surface area contributed by atoms with Gasteiger partial charge in [-0.15, -0.1) is 0 Å². The Balaban J connectivity index is 0.000000321. The molecule has 1 aromatic carbocycles. The van der Waals surface area contributed by atoms with E-state index >= 15 is 0 Å². The summed E-state index contributed by atoms with van der Waals surface area (Å²) < 4.78 is 0. The molecule has 19 heavy (non-hydrogen) atoms. The third-order valence-corrected chi connectivity index (χ3v) is 4.25. The molecule has 0 N–H and O–H groups in total. The summed E-state index contributed by atoms with van der Waals surface area (Å²) in [5.41, 5.74) is 10.1. The van der Waals surface area contributed by atoms with Crippen LogP contribution < -0.4 is 0 Å². The largest absolute Gasteiger partial charge is 0.0683 e. The molecular formula is C19H32. The van der Waals surface area contributed by atoms with Crippen molar-refractivity contribution in [2.24, 2.45) is 0 Å². The standard InChI is InChI=1S/C14H18.C3H8.C2H6/c1-9-11-5-3-7-13(11)10(2)14-8-4-6-12(9)14;1-3-2;1-2/h3-8H2,1-2H3;3H2,1-2H3;1-2H3. The monoisotopic (exact) mass is 260 g/mol. The fraction of sp³-hybridized carbons (Fsp3) is 0.684. The average Bonchev–Trinajstić information content (AvgIpc) is 3.08. The van der Waals surface area contributed by atoms with Crippen LogP contribution in [0, 0.1) is 13.8 Å². The van der Waals surface area contributed by atoms with Crippen LogP contribution in [-0.2, 0) is 25.7 Å². The number of rotatable bonds is 0. The van der Waals surface area contributed by atoms with Crippen LogP contribution in [0.15, 0.2) is 0 Å². The zero-order valence-electron chi connectivity index (χ0n) is 13.9. The maximum atomic E-state index is 2.35. The van der Waals surface area contributed by atoms with Crippen molar-refractivity contribution in [1.82, 2.24) is 0 Å². The van der Waals surface area contributed by atoms with Gasteiger partial charge in [0.05, 0.1) is 0 Å². The third kappa shape index (κ3) is 3.22. The van der Waals surface area contributed by atoms with Crippen molar-refractivity contribution in [3.63, 3.8) is 0 Å². The van der Waals surface area contributed by atoms with Crippen molar-refractivity contribution in [2.45, 2.75) is 86.5 Å². The molecule has 0 bridgehead atoms. The maximum Gasteiger partial charge on any atom is -0.0270 e. The zero-order valence-corrected chi connectivity index (χ0v) is 13.9. The van der Waals surface area contributed by atoms with Crippen molar-refractivity contribution < 1.29 is 0 Å². The molecule has 0 aromatic heterocycles. The molecule has 0 atom stereocenters. The van der Waals surface area contributed by atoms with Gasteiger partial charge in [0.15, 0.2) is 0 Å². The lowest BCUT2D eigenvalue weighted by Crippen LogP contribution is -2.00. The SMILES string of the molecule is CC.CCC.Cc1c2c(c(C)c3c1CCC3)CCC2. The normalized spacial score (nSPS) is 14.8. The summed E-state index contributed by atoms with van der Waals surface area (Å²) in [6.07, 6.45) is 9.40. The first-order chi connectivity index (χ1) is 9.20. The first kappa shape index (κ1) is 16.3. The van der Waals surface area contributed by atoms with Gasteiger partial charge in [0, 0.05) is 0 Å². The first-order valence-corrected chi connectivity index (χ1v) is 8.33. The van der Waals surface area contributed by atoms with Crippen molar-refractivity contribution in [1.29, 1.82) is 0 Å². The van der Waals surface area contributed by atoms with Crippen LogP contribution in [-0.4, -0.2) is 0 Å². The van der Waals surface area contributed by atoms with Crippen LogP contribution >= 0.6 is 0 Å². The van der Waals surface area contributed by atoms with E-state index in [1.54, 1.807) is 33.4 Å². The third-order valence-electron chi connectivity index (χ3n) is 4.25. The Morgan fingerprint density at radius 3 is 1.05 bits per heavy atom. The summed E-state index contributed by atoms with van der Waals surface area (Å²) in [6.45, 7) is 13.0. The molecule has 0 nitrogen and oxygen atoms in total. The number of fused-ring (bicyclic) bond motifs is 2. The Labute approximate surface area is 120 Å². The predicted molar refractivity (Wildman–Crippen MR) is 87.3 cm³/mol. The minimum absolute atomic E-state index is 1.25. The molecule has 3 rings (SSSR count). The lowest BCUT2D eigenvalue weighted by atomic mass is 9.90. The quantitative estimate of drug-likeness (QED) is 0.559. The summed E-state index contributed by atoms with van der Waals surface area (Å²) in [5, 5.41) is 0. The van der Waals surface area contributed by atoms with E-state index in [0.717, 1.165) is 0 Å². The molecule has 0 saturated carbocycles.